The predicted octanol–water partition coefficient (Wildman–Crippen LogP) is 4.32. The van der Waals surface area contributed by atoms with Crippen LogP contribution in [0, 0.1) is 11.7 Å². The van der Waals surface area contributed by atoms with Crippen molar-refractivity contribution >= 4 is 46.0 Å². The molecule has 102 valence electrons. The molecule has 1 fully saturated rings. The zero-order valence-electron chi connectivity index (χ0n) is 10.2. The Hall–Kier alpha value is -0.450. The molecule has 1 aliphatic rings. The predicted molar refractivity (Wildman–Crippen MR) is 79.7 cm³/mol. The van der Waals surface area contributed by atoms with Crippen LogP contribution in [-0.4, -0.2) is 21.1 Å². The van der Waals surface area contributed by atoms with Crippen molar-refractivity contribution in [3.63, 3.8) is 0 Å². The topological polar surface area (TPSA) is 17.8 Å². The molecule has 3 rings (SSSR count). The van der Waals surface area contributed by atoms with Crippen LogP contribution in [-0.2, 0) is 12.4 Å². The molecule has 0 saturated carbocycles. The highest BCUT2D eigenvalue weighted by Gasteiger charge is 2.20. The van der Waals surface area contributed by atoms with E-state index in [4.69, 9.17) is 23.2 Å². The Morgan fingerprint density at radius 1 is 1.47 bits per heavy atom. The fourth-order valence-electron chi connectivity index (χ4n) is 2.46. The summed E-state index contributed by atoms with van der Waals surface area (Å²) in [4.78, 5) is 4.40. The number of hydrogen-bond donors (Lipinski definition) is 0. The molecule has 6 heteroatoms. The van der Waals surface area contributed by atoms with Gasteiger partial charge in [0.2, 0.25) is 0 Å². The van der Waals surface area contributed by atoms with Crippen molar-refractivity contribution in [1.82, 2.24) is 9.55 Å². The lowest BCUT2D eigenvalue weighted by molar-refractivity contribution is 0.492. The van der Waals surface area contributed by atoms with E-state index in [-0.39, 0.29) is 5.02 Å². The second kappa shape index (κ2) is 5.51. The first-order valence-corrected chi connectivity index (χ1v) is 8.23. The number of aromatic nitrogens is 2. The number of imidazole rings is 1. The van der Waals surface area contributed by atoms with Crippen LogP contribution in [0.3, 0.4) is 0 Å². The molecule has 2 nitrogen and oxygen atoms in total. The Bertz CT molecular complexity index is 608. The van der Waals surface area contributed by atoms with Crippen LogP contribution >= 0.6 is 35.0 Å². The lowest BCUT2D eigenvalue weighted by Crippen LogP contribution is -2.12. The maximum absolute atomic E-state index is 13.5. The minimum absolute atomic E-state index is 0.135. The van der Waals surface area contributed by atoms with E-state index >= 15 is 0 Å². The van der Waals surface area contributed by atoms with Gasteiger partial charge in [0.05, 0.1) is 21.9 Å². The Kier molecular flexibility index (Phi) is 3.92. The average molecular weight is 319 g/mol. The quantitative estimate of drug-likeness (QED) is 0.784. The molecule has 0 amide bonds. The standard InChI is InChI=1S/C13H13Cl2FN2S/c14-5-13-17-11-4-10(16)9(15)3-12(11)18(13)6-8-1-2-19-7-8/h3-4,8H,1-2,5-7H2. The molecule has 1 aromatic heterocycles. The van der Waals surface area contributed by atoms with Crippen molar-refractivity contribution in [2.75, 3.05) is 11.5 Å². The van der Waals surface area contributed by atoms with Crippen molar-refractivity contribution in [3.05, 3.63) is 28.8 Å². The summed E-state index contributed by atoms with van der Waals surface area (Å²) in [6, 6.07) is 3.03. The lowest BCUT2D eigenvalue weighted by Gasteiger charge is -2.12. The van der Waals surface area contributed by atoms with Crippen molar-refractivity contribution < 1.29 is 4.39 Å². The maximum Gasteiger partial charge on any atom is 0.144 e. The summed E-state index contributed by atoms with van der Waals surface area (Å²) in [5.41, 5.74) is 1.50. The fourth-order valence-corrected chi connectivity index (χ4v) is 4.10. The Balaban J connectivity index is 2.06. The van der Waals surface area contributed by atoms with Crippen LogP contribution in [0.2, 0.25) is 5.02 Å². The second-order valence-corrected chi connectivity index (χ2v) is 6.58. The Morgan fingerprint density at radius 3 is 3.00 bits per heavy atom. The molecule has 1 aromatic carbocycles. The number of benzene rings is 1. The monoisotopic (exact) mass is 318 g/mol. The minimum atomic E-state index is -0.434. The van der Waals surface area contributed by atoms with Gasteiger partial charge in [-0.2, -0.15) is 11.8 Å². The van der Waals surface area contributed by atoms with Crippen LogP contribution in [0.4, 0.5) is 4.39 Å². The fraction of sp³-hybridized carbons (Fsp3) is 0.462. The number of nitrogens with zero attached hydrogens (tertiary/aromatic N) is 2. The first-order valence-electron chi connectivity index (χ1n) is 6.17. The number of alkyl halides is 1. The van der Waals surface area contributed by atoms with E-state index in [0.29, 0.717) is 17.3 Å². The number of halogens is 3. The molecule has 0 N–H and O–H groups in total. The van der Waals surface area contributed by atoms with Crippen LogP contribution in [0.25, 0.3) is 11.0 Å². The summed E-state index contributed by atoms with van der Waals surface area (Å²) in [7, 11) is 0. The van der Waals surface area contributed by atoms with Gasteiger partial charge in [-0.15, -0.1) is 11.6 Å². The molecule has 0 aliphatic carbocycles. The van der Waals surface area contributed by atoms with Gasteiger partial charge in [-0.25, -0.2) is 9.37 Å². The molecule has 2 heterocycles. The number of hydrogen-bond acceptors (Lipinski definition) is 2. The first kappa shape index (κ1) is 13.5. The van der Waals surface area contributed by atoms with Gasteiger partial charge in [0, 0.05) is 12.6 Å². The number of fused-ring (bicyclic) bond motifs is 1. The molecule has 0 bridgehead atoms. The summed E-state index contributed by atoms with van der Waals surface area (Å²) in [6.45, 7) is 0.882. The molecule has 1 saturated heterocycles. The van der Waals surface area contributed by atoms with Gasteiger partial charge in [-0.05, 0) is 29.9 Å². The van der Waals surface area contributed by atoms with E-state index in [9.17, 15) is 4.39 Å². The summed E-state index contributed by atoms with van der Waals surface area (Å²) in [6.07, 6.45) is 1.21. The van der Waals surface area contributed by atoms with Crippen molar-refractivity contribution in [2.24, 2.45) is 5.92 Å². The van der Waals surface area contributed by atoms with Gasteiger partial charge >= 0.3 is 0 Å². The SMILES string of the molecule is Fc1cc2nc(CCl)n(CC3CCSC3)c2cc1Cl. The molecule has 1 unspecified atom stereocenters. The highest BCUT2D eigenvalue weighted by molar-refractivity contribution is 7.99. The van der Waals surface area contributed by atoms with Gasteiger partial charge < -0.3 is 4.57 Å². The summed E-state index contributed by atoms with van der Waals surface area (Å²) >= 11 is 13.8. The van der Waals surface area contributed by atoms with Gasteiger partial charge in [-0.3, -0.25) is 0 Å². The first-order chi connectivity index (χ1) is 9.19. The molecule has 0 radical (unpaired) electrons. The van der Waals surface area contributed by atoms with Crippen LogP contribution in [0.1, 0.15) is 12.2 Å². The van der Waals surface area contributed by atoms with Gasteiger partial charge in [-0.1, -0.05) is 11.6 Å². The third kappa shape index (κ3) is 2.58. The zero-order valence-corrected chi connectivity index (χ0v) is 12.5. The Labute approximate surface area is 125 Å². The number of thioether (sulfide) groups is 1. The molecular formula is C13H13Cl2FN2S. The normalized spacial score (nSPS) is 19.4. The van der Waals surface area contributed by atoms with E-state index in [1.165, 1.54) is 18.2 Å². The van der Waals surface area contributed by atoms with Crippen LogP contribution in [0.5, 0.6) is 0 Å². The van der Waals surface area contributed by atoms with E-state index in [1.54, 1.807) is 6.07 Å². The van der Waals surface area contributed by atoms with Crippen molar-refractivity contribution in [2.45, 2.75) is 18.8 Å². The van der Waals surface area contributed by atoms with Crippen molar-refractivity contribution in [3.8, 4) is 0 Å². The Morgan fingerprint density at radius 2 is 2.32 bits per heavy atom. The van der Waals surface area contributed by atoms with Gasteiger partial charge in [0.25, 0.3) is 0 Å². The molecule has 0 spiro atoms. The van der Waals surface area contributed by atoms with E-state index in [0.717, 1.165) is 23.6 Å². The van der Waals surface area contributed by atoms with E-state index in [2.05, 4.69) is 9.55 Å². The average Bonchev–Trinajstić information content (AvgIpc) is 3.00. The molecule has 1 atom stereocenters. The second-order valence-electron chi connectivity index (χ2n) is 4.76. The van der Waals surface area contributed by atoms with E-state index in [1.807, 2.05) is 11.8 Å². The van der Waals surface area contributed by atoms with Crippen LogP contribution in [0.15, 0.2) is 12.1 Å². The maximum atomic E-state index is 13.5. The minimum Gasteiger partial charge on any atom is -0.327 e. The summed E-state index contributed by atoms with van der Waals surface area (Å²) < 4.78 is 15.6. The molecule has 2 aromatic rings. The highest BCUT2D eigenvalue weighted by Crippen LogP contribution is 2.29. The largest absolute Gasteiger partial charge is 0.327 e. The molecule has 19 heavy (non-hydrogen) atoms. The van der Waals surface area contributed by atoms with Crippen molar-refractivity contribution in [1.29, 1.82) is 0 Å². The number of rotatable bonds is 3. The highest BCUT2D eigenvalue weighted by atomic mass is 35.5. The molecular weight excluding hydrogens is 306 g/mol. The van der Waals surface area contributed by atoms with Gasteiger partial charge in [0.15, 0.2) is 0 Å². The third-order valence-corrected chi connectivity index (χ3v) is 5.21. The summed E-state index contributed by atoms with van der Waals surface area (Å²) in [5.74, 6) is 3.69. The zero-order chi connectivity index (χ0) is 13.4. The third-order valence-electron chi connectivity index (χ3n) is 3.45. The van der Waals surface area contributed by atoms with E-state index < -0.39 is 5.82 Å². The molecule has 1 aliphatic heterocycles. The lowest BCUT2D eigenvalue weighted by atomic mass is 10.1. The summed E-state index contributed by atoms with van der Waals surface area (Å²) in [5, 5.41) is 0.135. The smallest absolute Gasteiger partial charge is 0.144 e. The van der Waals surface area contributed by atoms with Gasteiger partial charge in [0.1, 0.15) is 11.6 Å². The van der Waals surface area contributed by atoms with Crippen LogP contribution < -0.4 is 0 Å².